The summed E-state index contributed by atoms with van der Waals surface area (Å²) in [5.74, 6) is 1.46. The van der Waals surface area contributed by atoms with Crippen molar-refractivity contribution >= 4 is 34.7 Å². The largest absolute Gasteiger partial charge is 0.493 e. The van der Waals surface area contributed by atoms with Crippen molar-refractivity contribution in [3.63, 3.8) is 0 Å². The number of hydrogen-bond donors (Lipinski definition) is 1. The van der Waals surface area contributed by atoms with Gasteiger partial charge in [-0.05, 0) is 83.7 Å². The predicted octanol–water partition coefficient (Wildman–Crippen LogP) is 4.25. The SMILES string of the molecule is COc1cc(/C=C2\SC(=N)N(c3nonc3-n3cccc3)C2=O)ccc1OC1CCCC1. The van der Waals surface area contributed by atoms with Gasteiger partial charge in [0.2, 0.25) is 11.6 Å². The van der Waals surface area contributed by atoms with Gasteiger partial charge in [0.1, 0.15) is 0 Å². The number of rotatable bonds is 6. The Morgan fingerprint density at radius 2 is 1.91 bits per heavy atom. The highest BCUT2D eigenvalue weighted by Gasteiger charge is 2.38. The molecule has 0 unspecified atom stereocenters. The Labute approximate surface area is 188 Å². The number of carbonyl (C=O) groups is 1. The minimum Gasteiger partial charge on any atom is -0.493 e. The fourth-order valence-electron chi connectivity index (χ4n) is 3.85. The molecule has 1 aliphatic carbocycles. The molecule has 1 amide bonds. The van der Waals surface area contributed by atoms with Crippen LogP contribution < -0.4 is 14.4 Å². The number of benzene rings is 1. The third-order valence-corrected chi connectivity index (χ3v) is 6.31. The van der Waals surface area contributed by atoms with Crippen LogP contribution in [0.3, 0.4) is 0 Å². The minimum absolute atomic E-state index is 0.0264. The second-order valence-corrected chi connectivity index (χ2v) is 8.52. The normalized spacial score (nSPS) is 18.2. The van der Waals surface area contributed by atoms with E-state index in [1.165, 1.54) is 17.7 Å². The number of amides is 1. The monoisotopic (exact) mass is 451 g/mol. The minimum atomic E-state index is -0.366. The van der Waals surface area contributed by atoms with Crippen molar-refractivity contribution in [1.82, 2.24) is 14.9 Å². The maximum atomic E-state index is 13.1. The summed E-state index contributed by atoms with van der Waals surface area (Å²) in [4.78, 5) is 14.7. The van der Waals surface area contributed by atoms with Gasteiger partial charge in [0.25, 0.3) is 5.91 Å². The van der Waals surface area contributed by atoms with E-state index in [1.807, 2.05) is 30.3 Å². The van der Waals surface area contributed by atoms with Crippen LogP contribution in [0.15, 0.2) is 52.3 Å². The van der Waals surface area contributed by atoms with Gasteiger partial charge in [-0.1, -0.05) is 6.07 Å². The number of nitrogens with one attached hydrogen (secondary N) is 1. The van der Waals surface area contributed by atoms with E-state index in [2.05, 4.69) is 10.3 Å². The smallest absolute Gasteiger partial charge is 0.272 e. The summed E-state index contributed by atoms with van der Waals surface area (Å²) in [6, 6.07) is 9.22. The molecule has 0 atom stereocenters. The molecule has 3 aromatic rings. The highest BCUT2D eigenvalue weighted by molar-refractivity contribution is 8.19. The van der Waals surface area contributed by atoms with Crippen LogP contribution >= 0.6 is 11.8 Å². The predicted molar refractivity (Wildman–Crippen MR) is 120 cm³/mol. The standard InChI is InChI=1S/C22H21N5O4S/c1-29-17-12-14(8-9-16(17)30-15-6-2-3-7-15)13-18-21(28)27(22(23)32-18)20-19(24-31-25-20)26-10-4-5-11-26/h4-5,8-13,15,23H,2-3,6-7H2,1H3/b18-13-,23-22?. The lowest BCUT2D eigenvalue weighted by Gasteiger charge is -2.16. The van der Waals surface area contributed by atoms with Crippen LogP contribution in [-0.2, 0) is 4.79 Å². The molecule has 3 heterocycles. The van der Waals surface area contributed by atoms with Crippen molar-refractivity contribution in [3.05, 3.63) is 53.2 Å². The van der Waals surface area contributed by atoms with Gasteiger partial charge in [-0.3, -0.25) is 10.2 Å². The summed E-state index contributed by atoms with van der Waals surface area (Å²) in [7, 11) is 1.60. The molecule has 10 heteroatoms. The molecule has 2 fully saturated rings. The van der Waals surface area contributed by atoms with Gasteiger partial charge in [0.05, 0.1) is 18.1 Å². The number of methoxy groups -OCH3 is 1. The van der Waals surface area contributed by atoms with Crippen LogP contribution in [0.5, 0.6) is 11.5 Å². The average Bonchev–Trinajstić information content (AvgIpc) is 3.58. The van der Waals surface area contributed by atoms with Gasteiger partial charge in [-0.25, -0.2) is 9.53 Å². The summed E-state index contributed by atoms with van der Waals surface area (Å²) in [5.41, 5.74) is 0.773. The Morgan fingerprint density at radius 1 is 1.16 bits per heavy atom. The lowest BCUT2D eigenvalue weighted by molar-refractivity contribution is -0.113. The number of nitrogens with zero attached hydrogens (tertiary/aromatic N) is 4. The molecule has 32 heavy (non-hydrogen) atoms. The first kappa shape index (κ1) is 20.4. The van der Waals surface area contributed by atoms with E-state index >= 15 is 0 Å². The molecule has 0 bridgehead atoms. The third kappa shape index (κ3) is 3.77. The number of aromatic nitrogens is 3. The van der Waals surface area contributed by atoms with Crippen molar-refractivity contribution in [3.8, 4) is 17.3 Å². The van der Waals surface area contributed by atoms with Crippen molar-refractivity contribution in [2.75, 3.05) is 12.0 Å². The number of carbonyl (C=O) groups excluding carboxylic acids is 1. The first-order valence-corrected chi connectivity index (χ1v) is 11.1. The lowest BCUT2D eigenvalue weighted by atomic mass is 10.1. The first-order chi connectivity index (χ1) is 15.6. The highest BCUT2D eigenvalue weighted by atomic mass is 32.2. The van der Waals surface area contributed by atoms with E-state index < -0.39 is 0 Å². The molecular weight excluding hydrogens is 430 g/mol. The Kier molecular flexibility index (Phi) is 5.44. The molecular formula is C22H21N5O4S. The Morgan fingerprint density at radius 3 is 2.66 bits per heavy atom. The van der Waals surface area contributed by atoms with E-state index in [0.717, 1.165) is 30.2 Å². The summed E-state index contributed by atoms with van der Waals surface area (Å²) < 4.78 is 18.1. The van der Waals surface area contributed by atoms with Crippen molar-refractivity contribution in [2.45, 2.75) is 31.8 Å². The van der Waals surface area contributed by atoms with Crippen molar-refractivity contribution in [1.29, 1.82) is 5.41 Å². The number of hydrogen-bond acceptors (Lipinski definition) is 8. The van der Waals surface area contributed by atoms with Gasteiger partial charge >= 0.3 is 0 Å². The zero-order valence-electron chi connectivity index (χ0n) is 17.4. The molecule has 1 saturated carbocycles. The van der Waals surface area contributed by atoms with Crippen molar-refractivity contribution < 1.29 is 18.9 Å². The van der Waals surface area contributed by atoms with E-state index in [-0.39, 0.29) is 23.0 Å². The zero-order chi connectivity index (χ0) is 22.1. The van der Waals surface area contributed by atoms with Crippen LogP contribution in [0.2, 0.25) is 0 Å². The van der Waals surface area contributed by atoms with Crippen LogP contribution in [-0.4, -0.2) is 39.2 Å². The van der Waals surface area contributed by atoms with Gasteiger partial charge in [-0.2, -0.15) is 0 Å². The maximum Gasteiger partial charge on any atom is 0.272 e. The Balaban J connectivity index is 1.40. The number of anilines is 1. The number of amidine groups is 1. The van der Waals surface area contributed by atoms with E-state index in [9.17, 15) is 4.79 Å². The fraction of sp³-hybridized carbons (Fsp3) is 0.273. The van der Waals surface area contributed by atoms with Gasteiger partial charge < -0.3 is 14.0 Å². The molecule has 0 spiro atoms. The molecule has 5 rings (SSSR count). The van der Waals surface area contributed by atoms with Gasteiger partial charge in [-0.15, -0.1) is 0 Å². The Hall–Kier alpha value is -3.53. The quantitative estimate of drug-likeness (QED) is 0.559. The average molecular weight is 452 g/mol. The summed E-state index contributed by atoms with van der Waals surface area (Å²) >= 11 is 1.05. The highest BCUT2D eigenvalue weighted by Crippen LogP contribution is 2.38. The van der Waals surface area contributed by atoms with E-state index in [1.54, 1.807) is 30.1 Å². The molecule has 164 valence electrons. The summed E-state index contributed by atoms with van der Waals surface area (Å²) in [5, 5.41) is 16.1. The third-order valence-electron chi connectivity index (χ3n) is 5.42. The van der Waals surface area contributed by atoms with Gasteiger partial charge in [0.15, 0.2) is 16.7 Å². The molecule has 0 radical (unpaired) electrons. The van der Waals surface area contributed by atoms with Crippen LogP contribution in [0, 0.1) is 5.41 Å². The fourth-order valence-corrected chi connectivity index (χ4v) is 4.69. The summed E-state index contributed by atoms with van der Waals surface area (Å²) in [6.07, 6.45) is 9.96. The maximum absolute atomic E-state index is 13.1. The van der Waals surface area contributed by atoms with Crippen LogP contribution in [0.4, 0.5) is 5.82 Å². The van der Waals surface area contributed by atoms with Crippen LogP contribution in [0.1, 0.15) is 31.2 Å². The van der Waals surface area contributed by atoms with E-state index in [4.69, 9.17) is 19.5 Å². The van der Waals surface area contributed by atoms with Gasteiger partial charge in [0, 0.05) is 12.4 Å². The number of ether oxygens (including phenoxy) is 2. The topological polar surface area (TPSA) is 106 Å². The van der Waals surface area contributed by atoms with E-state index in [0.29, 0.717) is 22.2 Å². The summed E-state index contributed by atoms with van der Waals surface area (Å²) in [6.45, 7) is 0. The molecule has 1 aliphatic heterocycles. The molecule has 9 nitrogen and oxygen atoms in total. The lowest BCUT2D eigenvalue weighted by Crippen LogP contribution is -2.29. The molecule has 1 aromatic carbocycles. The van der Waals surface area contributed by atoms with Crippen LogP contribution in [0.25, 0.3) is 11.9 Å². The second kappa shape index (κ2) is 8.54. The molecule has 2 aliphatic rings. The zero-order valence-corrected chi connectivity index (χ0v) is 18.2. The molecule has 2 aromatic heterocycles. The molecule has 1 N–H and O–H groups in total. The first-order valence-electron chi connectivity index (χ1n) is 10.3. The van der Waals surface area contributed by atoms with Crippen molar-refractivity contribution in [2.24, 2.45) is 0 Å². The number of thioether (sulfide) groups is 1. The second-order valence-electron chi connectivity index (χ2n) is 7.49. The Bertz CT molecular complexity index is 1180. The molecule has 1 saturated heterocycles.